The van der Waals surface area contributed by atoms with Gasteiger partial charge in [0.1, 0.15) is 29.8 Å². The fraction of sp³-hybridized carbons (Fsp3) is 0.526. The highest BCUT2D eigenvalue weighted by Gasteiger charge is 2.45. The van der Waals surface area contributed by atoms with Crippen molar-refractivity contribution in [3.8, 4) is 16.9 Å². The van der Waals surface area contributed by atoms with E-state index in [0.717, 1.165) is 66.8 Å². The number of aliphatic hydroxyl groups excluding tert-OH is 5. The number of aryl methyl sites for hydroxylation is 1. The van der Waals surface area contributed by atoms with E-state index in [1.54, 1.807) is 0 Å². The van der Waals surface area contributed by atoms with Crippen molar-refractivity contribution in [2.75, 3.05) is 6.61 Å². The van der Waals surface area contributed by atoms with Gasteiger partial charge in [-0.25, -0.2) is 0 Å². The molecule has 254 valence electrons. The lowest BCUT2D eigenvalue weighted by Crippen LogP contribution is -2.45. The molecule has 0 saturated heterocycles. The first-order valence-corrected chi connectivity index (χ1v) is 17.3. The Balaban J connectivity index is 1.15. The van der Waals surface area contributed by atoms with Gasteiger partial charge in [-0.05, 0) is 110 Å². The van der Waals surface area contributed by atoms with E-state index in [1.807, 2.05) is 24.5 Å². The number of pyridine rings is 1. The van der Waals surface area contributed by atoms with Gasteiger partial charge in [0.2, 0.25) is 0 Å². The molecule has 0 spiro atoms. The van der Waals surface area contributed by atoms with Crippen LogP contribution >= 0.6 is 11.6 Å². The van der Waals surface area contributed by atoms with Crippen molar-refractivity contribution in [3.05, 3.63) is 82.6 Å². The summed E-state index contributed by atoms with van der Waals surface area (Å²) < 4.78 is 6.27. The maximum absolute atomic E-state index is 12.5. The third-order valence-electron chi connectivity index (χ3n) is 9.89. The molecule has 0 bridgehead atoms. The summed E-state index contributed by atoms with van der Waals surface area (Å²) in [6.45, 7) is 1.41. The molecule has 2 aliphatic rings. The number of benzene rings is 2. The summed E-state index contributed by atoms with van der Waals surface area (Å²) >= 11 is 6.72. The Morgan fingerprint density at radius 1 is 0.979 bits per heavy atom. The topological polar surface area (TPSA) is 140 Å². The van der Waals surface area contributed by atoms with Crippen LogP contribution < -0.4 is 4.74 Å². The van der Waals surface area contributed by atoms with Crippen LogP contribution in [0.5, 0.6) is 5.75 Å². The van der Waals surface area contributed by atoms with Crippen LogP contribution in [-0.2, 0) is 16.6 Å². The number of aliphatic hydroxyl groups is 5. The van der Waals surface area contributed by atoms with Crippen molar-refractivity contribution in [1.29, 1.82) is 0 Å². The van der Waals surface area contributed by atoms with Gasteiger partial charge in [-0.1, -0.05) is 48.9 Å². The van der Waals surface area contributed by atoms with E-state index in [-0.39, 0.29) is 30.0 Å². The summed E-state index contributed by atoms with van der Waals surface area (Å²) in [4.78, 5) is 17.0. The quantitative estimate of drug-likeness (QED) is 0.110. The molecule has 2 aromatic carbocycles. The Kier molecular flexibility index (Phi) is 12.1. The Morgan fingerprint density at radius 3 is 2.45 bits per heavy atom. The lowest BCUT2D eigenvalue weighted by molar-refractivity contribution is -0.125. The lowest BCUT2D eigenvalue weighted by Gasteiger charge is -2.25. The second-order valence-corrected chi connectivity index (χ2v) is 13.9. The summed E-state index contributed by atoms with van der Waals surface area (Å²) in [5.74, 6) is 1.13. The fourth-order valence-electron chi connectivity index (χ4n) is 6.42. The van der Waals surface area contributed by atoms with Crippen molar-refractivity contribution >= 4 is 17.4 Å². The molecular weight excluding hydrogens is 618 g/mol. The molecule has 2 fully saturated rings. The predicted octanol–water partition coefficient (Wildman–Crippen LogP) is 5.67. The average Bonchev–Trinajstić information content (AvgIpc) is 4.03. The maximum atomic E-state index is 12.5. The standard InChI is InChI=1S/C38H48ClNO7/c1-24(5-4-6-27(42)10-14-33(43)36(45)37(46)34(44)23-41)25-9-13-32(39)26(21-25)15-17-38(18-19-38)31-22-40-20-16-29(31)30-7-2-3-8-35(30)47-28-11-12-28/h2-3,7-9,13,16,20-22,24,28,33-34,36-37,41,43-46H,4-6,10-12,14-15,17-19,23H2,1H3/t24-,33+,34-,36-,37-/m1/s1. The number of carbonyl (C=O) groups excluding carboxylic acids is 1. The third-order valence-corrected chi connectivity index (χ3v) is 10.3. The van der Waals surface area contributed by atoms with Gasteiger partial charge >= 0.3 is 0 Å². The maximum Gasteiger partial charge on any atom is 0.133 e. The molecule has 1 heterocycles. The van der Waals surface area contributed by atoms with E-state index >= 15 is 0 Å². The average molecular weight is 666 g/mol. The van der Waals surface area contributed by atoms with Crippen molar-refractivity contribution in [2.24, 2.45) is 0 Å². The number of halogens is 1. The van der Waals surface area contributed by atoms with Gasteiger partial charge in [-0.3, -0.25) is 9.78 Å². The summed E-state index contributed by atoms with van der Waals surface area (Å²) in [6, 6.07) is 16.7. The molecule has 8 nitrogen and oxygen atoms in total. The first kappa shape index (κ1) is 35.5. The lowest BCUT2D eigenvalue weighted by atomic mass is 9.84. The highest BCUT2D eigenvalue weighted by Crippen LogP contribution is 2.55. The zero-order chi connectivity index (χ0) is 33.6. The number of hydrogen-bond acceptors (Lipinski definition) is 8. The molecule has 3 aromatic rings. The van der Waals surface area contributed by atoms with Gasteiger partial charge in [-0.2, -0.15) is 0 Å². The molecule has 1 aromatic heterocycles. The van der Waals surface area contributed by atoms with Crippen LogP contribution in [0.2, 0.25) is 5.02 Å². The van der Waals surface area contributed by atoms with Crippen molar-refractivity contribution < 1.29 is 35.1 Å². The summed E-state index contributed by atoms with van der Waals surface area (Å²) in [5, 5.41) is 49.0. The largest absolute Gasteiger partial charge is 0.490 e. The number of nitrogens with zero attached hydrogens (tertiary/aromatic N) is 1. The molecule has 2 aliphatic carbocycles. The number of rotatable bonds is 19. The number of carbonyl (C=O) groups is 1. The zero-order valence-corrected chi connectivity index (χ0v) is 27.9. The van der Waals surface area contributed by atoms with Crippen LogP contribution in [0.1, 0.15) is 93.7 Å². The van der Waals surface area contributed by atoms with Crippen LogP contribution in [0.25, 0.3) is 11.1 Å². The second kappa shape index (κ2) is 16.0. The molecule has 0 unspecified atom stereocenters. The van der Waals surface area contributed by atoms with E-state index in [0.29, 0.717) is 18.9 Å². The molecule has 5 rings (SSSR count). The highest BCUT2D eigenvalue weighted by molar-refractivity contribution is 6.31. The van der Waals surface area contributed by atoms with Crippen LogP contribution in [0, 0.1) is 0 Å². The summed E-state index contributed by atoms with van der Waals surface area (Å²) in [6.07, 6.45) is 6.08. The molecular formula is C38H48ClNO7. The summed E-state index contributed by atoms with van der Waals surface area (Å²) in [5.41, 5.74) is 5.97. The second-order valence-electron chi connectivity index (χ2n) is 13.5. The van der Waals surface area contributed by atoms with Gasteiger partial charge < -0.3 is 30.3 Å². The summed E-state index contributed by atoms with van der Waals surface area (Å²) in [7, 11) is 0. The number of hydrogen-bond donors (Lipinski definition) is 5. The molecule has 9 heteroatoms. The Bertz CT molecular complexity index is 1490. The monoisotopic (exact) mass is 665 g/mol. The predicted molar refractivity (Wildman–Crippen MR) is 182 cm³/mol. The highest BCUT2D eigenvalue weighted by atomic mass is 35.5. The molecule has 0 amide bonds. The van der Waals surface area contributed by atoms with E-state index in [1.165, 1.54) is 16.7 Å². The number of ether oxygens (including phenoxy) is 1. The van der Waals surface area contributed by atoms with Crippen LogP contribution in [0.15, 0.2) is 60.9 Å². The van der Waals surface area contributed by atoms with Gasteiger partial charge in [-0.15, -0.1) is 0 Å². The minimum atomic E-state index is -1.69. The number of aromatic nitrogens is 1. The van der Waals surface area contributed by atoms with E-state index in [2.05, 4.69) is 48.3 Å². The van der Waals surface area contributed by atoms with Crippen LogP contribution in [-0.4, -0.2) is 73.4 Å². The van der Waals surface area contributed by atoms with Gasteiger partial charge in [0.25, 0.3) is 0 Å². The smallest absolute Gasteiger partial charge is 0.133 e. The minimum absolute atomic E-state index is 0.0336. The van der Waals surface area contributed by atoms with E-state index in [9.17, 15) is 25.2 Å². The Morgan fingerprint density at radius 2 is 1.72 bits per heavy atom. The van der Waals surface area contributed by atoms with Crippen LogP contribution in [0.4, 0.5) is 0 Å². The molecule has 0 aliphatic heterocycles. The number of para-hydroxylation sites is 1. The van der Waals surface area contributed by atoms with Gasteiger partial charge in [0, 0.05) is 35.8 Å². The van der Waals surface area contributed by atoms with E-state index < -0.39 is 31.0 Å². The van der Waals surface area contributed by atoms with Crippen molar-refractivity contribution in [2.45, 2.75) is 119 Å². The zero-order valence-electron chi connectivity index (χ0n) is 27.1. The first-order valence-electron chi connectivity index (χ1n) is 17.0. The van der Waals surface area contributed by atoms with Gasteiger partial charge in [0.15, 0.2) is 0 Å². The Hall–Kier alpha value is -2.85. The first-order chi connectivity index (χ1) is 22.6. The molecule has 0 radical (unpaired) electrons. The minimum Gasteiger partial charge on any atom is -0.490 e. The molecule has 47 heavy (non-hydrogen) atoms. The Labute approximate surface area is 282 Å². The number of ketones is 1. The number of Topliss-reactive ketones (excluding diaryl/α,β-unsaturated/α-hetero) is 1. The molecule has 5 atom stereocenters. The normalized spacial score (nSPS) is 18.6. The van der Waals surface area contributed by atoms with E-state index in [4.69, 9.17) is 21.4 Å². The third kappa shape index (κ3) is 9.19. The van der Waals surface area contributed by atoms with Crippen LogP contribution in [0.3, 0.4) is 0 Å². The fourth-order valence-corrected chi connectivity index (χ4v) is 6.63. The van der Waals surface area contributed by atoms with Gasteiger partial charge in [0.05, 0.1) is 18.8 Å². The SMILES string of the molecule is C[C@H](CCCC(=O)CC[C@H](O)[C@@H](O)[C@H](O)[C@H](O)CO)c1ccc(Cl)c(CCC2(c3cnccc3-c3ccccc3OC3CC3)CC2)c1. The van der Waals surface area contributed by atoms with Crippen molar-refractivity contribution in [1.82, 2.24) is 4.98 Å². The molecule has 2 saturated carbocycles. The van der Waals surface area contributed by atoms with Crippen molar-refractivity contribution in [3.63, 3.8) is 0 Å². The molecule has 5 N–H and O–H groups in total.